The van der Waals surface area contributed by atoms with Crippen LogP contribution in [0.4, 0.5) is 11.5 Å². The molecule has 8 nitrogen and oxygen atoms in total. The van der Waals surface area contributed by atoms with Crippen molar-refractivity contribution < 1.29 is 19.3 Å². The van der Waals surface area contributed by atoms with Crippen molar-refractivity contribution >= 4 is 22.4 Å². The summed E-state index contributed by atoms with van der Waals surface area (Å²) in [4.78, 5) is 8.80. The van der Waals surface area contributed by atoms with Gasteiger partial charge in [0.1, 0.15) is 25.4 Å². The summed E-state index contributed by atoms with van der Waals surface area (Å²) >= 11 is 0. The van der Waals surface area contributed by atoms with Gasteiger partial charge in [-0.1, -0.05) is 12.0 Å². The van der Waals surface area contributed by atoms with Gasteiger partial charge in [-0.3, -0.25) is 0 Å². The molecule has 0 spiro atoms. The van der Waals surface area contributed by atoms with E-state index >= 15 is 0 Å². The molecule has 0 saturated heterocycles. The summed E-state index contributed by atoms with van der Waals surface area (Å²) in [5, 5.41) is 17.1. The second-order valence-corrected chi connectivity index (χ2v) is 8.07. The number of methoxy groups -OCH3 is 1. The van der Waals surface area contributed by atoms with E-state index in [1.54, 1.807) is 21.0 Å². The van der Waals surface area contributed by atoms with Crippen molar-refractivity contribution in [1.29, 1.82) is 0 Å². The highest BCUT2D eigenvalue weighted by Crippen LogP contribution is 2.35. The van der Waals surface area contributed by atoms with E-state index in [0.29, 0.717) is 55.7 Å². The molecule has 174 valence electrons. The lowest BCUT2D eigenvalue weighted by Gasteiger charge is -2.18. The van der Waals surface area contributed by atoms with E-state index in [1.165, 1.54) is 6.33 Å². The number of benzene rings is 2. The number of rotatable bonds is 12. The van der Waals surface area contributed by atoms with E-state index in [4.69, 9.17) is 20.6 Å². The van der Waals surface area contributed by atoms with Crippen LogP contribution in [0.2, 0.25) is 0 Å². The summed E-state index contributed by atoms with van der Waals surface area (Å²) in [5.74, 6) is 4.40. The Kier molecular flexibility index (Phi) is 8.44. The van der Waals surface area contributed by atoms with Crippen molar-refractivity contribution in [3.8, 4) is 23.8 Å². The van der Waals surface area contributed by atoms with Crippen molar-refractivity contribution in [2.45, 2.75) is 19.4 Å². The zero-order valence-corrected chi connectivity index (χ0v) is 19.2. The Bertz CT molecular complexity index is 1110. The molecule has 1 aromatic heterocycles. The smallest absolute Gasteiger partial charge is 0.163 e. The number of ether oxygens (including phenoxy) is 3. The molecule has 0 unspecified atom stereocenters. The molecule has 2 aromatic carbocycles. The Hall–Kier alpha value is -3.38. The van der Waals surface area contributed by atoms with Gasteiger partial charge in [-0.25, -0.2) is 9.97 Å². The second-order valence-electron chi connectivity index (χ2n) is 8.07. The highest BCUT2D eigenvalue weighted by Gasteiger charge is 2.14. The number of nitrogens with one attached hydrogen (secondary N) is 2. The molecule has 0 fully saturated rings. The molecule has 0 aliphatic carbocycles. The molecular formula is C25H30N4O4. The van der Waals surface area contributed by atoms with Crippen molar-refractivity contribution in [1.82, 2.24) is 15.3 Å². The predicted molar refractivity (Wildman–Crippen MR) is 129 cm³/mol. The predicted octanol–water partition coefficient (Wildman–Crippen LogP) is 3.12. The van der Waals surface area contributed by atoms with E-state index < -0.39 is 5.60 Å². The topological polar surface area (TPSA) is 97.8 Å². The molecule has 3 aromatic rings. The second kappa shape index (κ2) is 11.5. The highest BCUT2D eigenvalue weighted by molar-refractivity contribution is 5.93. The minimum atomic E-state index is -0.786. The summed E-state index contributed by atoms with van der Waals surface area (Å²) in [6.45, 7) is 5.75. The van der Waals surface area contributed by atoms with Gasteiger partial charge in [0, 0.05) is 42.9 Å². The fraction of sp³-hybridized carbons (Fsp3) is 0.360. The van der Waals surface area contributed by atoms with Crippen LogP contribution in [0, 0.1) is 12.3 Å². The summed E-state index contributed by atoms with van der Waals surface area (Å²) < 4.78 is 17.0. The molecule has 0 amide bonds. The van der Waals surface area contributed by atoms with E-state index in [9.17, 15) is 5.11 Å². The van der Waals surface area contributed by atoms with Crippen molar-refractivity contribution in [3.05, 3.63) is 48.3 Å². The maximum Gasteiger partial charge on any atom is 0.163 e. The van der Waals surface area contributed by atoms with Crippen molar-refractivity contribution in [2.75, 3.05) is 45.3 Å². The first-order valence-corrected chi connectivity index (χ1v) is 10.7. The molecule has 0 aliphatic rings. The molecular weight excluding hydrogens is 420 g/mol. The summed E-state index contributed by atoms with van der Waals surface area (Å²) in [6, 6.07) is 11.2. The Morgan fingerprint density at radius 3 is 2.61 bits per heavy atom. The number of fused-ring (bicyclic) bond motifs is 1. The van der Waals surface area contributed by atoms with Crippen LogP contribution in [0.5, 0.6) is 11.5 Å². The molecule has 0 saturated carbocycles. The maximum atomic E-state index is 9.83. The van der Waals surface area contributed by atoms with Gasteiger partial charge < -0.3 is 30.0 Å². The number of aromatic nitrogens is 2. The van der Waals surface area contributed by atoms with Crippen LogP contribution in [-0.4, -0.2) is 60.7 Å². The first-order chi connectivity index (χ1) is 15.9. The first-order valence-electron chi connectivity index (χ1n) is 10.7. The largest absolute Gasteiger partial charge is 0.488 e. The Morgan fingerprint density at radius 1 is 1.06 bits per heavy atom. The Labute approximate surface area is 194 Å². The summed E-state index contributed by atoms with van der Waals surface area (Å²) in [6.07, 6.45) is 7.01. The van der Waals surface area contributed by atoms with Gasteiger partial charge in [0.25, 0.3) is 0 Å². The average molecular weight is 451 g/mol. The van der Waals surface area contributed by atoms with Crippen LogP contribution in [-0.2, 0) is 4.74 Å². The van der Waals surface area contributed by atoms with Crippen molar-refractivity contribution in [3.63, 3.8) is 0 Å². The van der Waals surface area contributed by atoms with Crippen LogP contribution < -0.4 is 20.1 Å². The minimum absolute atomic E-state index is 0.379. The van der Waals surface area contributed by atoms with E-state index in [-0.39, 0.29) is 0 Å². The first kappa shape index (κ1) is 24.3. The lowest BCUT2D eigenvalue weighted by molar-refractivity contribution is 0.0788. The van der Waals surface area contributed by atoms with Gasteiger partial charge in [0.2, 0.25) is 0 Å². The lowest BCUT2D eigenvalue weighted by atomic mass is 10.1. The molecule has 0 bridgehead atoms. The minimum Gasteiger partial charge on any atom is -0.488 e. The number of anilines is 2. The number of hydrogen-bond donors (Lipinski definition) is 3. The highest BCUT2D eigenvalue weighted by atomic mass is 16.5. The van der Waals surface area contributed by atoms with Gasteiger partial charge in [-0.2, -0.15) is 0 Å². The zero-order chi connectivity index (χ0) is 23.7. The van der Waals surface area contributed by atoms with E-state index in [2.05, 4.69) is 26.5 Å². The fourth-order valence-electron chi connectivity index (χ4n) is 3.08. The van der Waals surface area contributed by atoms with Crippen LogP contribution in [0.15, 0.2) is 42.7 Å². The molecule has 0 radical (unpaired) electrons. The number of aliphatic hydroxyl groups is 1. The number of hydrogen-bond acceptors (Lipinski definition) is 8. The van der Waals surface area contributed by atoms with Gasteiger partial charge in [0.15, 0.2) is 11.5 Å². The van der Waals surface area contributed by atoms with Crippen LogP contribution in [0.3, 0.4) is 0 Å². The standard InChI is InChI=1S/C25H30N4O4/c1-5-18-7-6-8-19(13-18)29-24-20-14-22(32-10-9-26-16-25(2,3)30)23(33-12-11-31-4)15-21(20)27-17-28-24/h1,6-8,13-15,17,26,30H,9-12,16H2,2-4H3,(H,27,28,29). The molecule has 1 heterocycles. The van der Waals surface area contributed by atoms with Crippen LogP contribution >= 0.6 is 0 Å². The molecule has 33 heavy (non-hydrogen) atoms. The van der Waals surface area contributed by atoms with Crippen LogP contribution in [0.1, 0.15) is 19.4 Å². The van der Waals surface area contributed by atoms with E-state index in [1.807, 2.05) is 36.4 Å². The van der Waals surface area contributed by atoms with Crippen LogP contribution in [0.25, 0.3) is 10.9 Å². The average Bonchev–Trinajstić information content (AvgIpc) is 2.79. The quantitative estimate of drug-likeness (QED) is 0.286. The third kappa shape index (κ3) is 7.32. The lowest BCUT2D eigenvalue weighted by Crippen LogP contribution is -2.36. The van der Waals surface area contributed by atoms with Gasteiger partial charge >= 0.3 is 0 Å². The monoisotopic (exact) mass is 450 g/mol. The number of terminal acetylenes is 1. The fourth-order valence-corrected chi connectivity index (χ4v) is 3.08. The van der Waals surface area contributed by atoms with E-state index in [0.717, 1.165) is 16.6 Å². The zero-order valence-electron chi connectivity index (χ0n) is 19.2. The maximum absolute atomic E-state index is 9.83. The molecule has 8 heteroatoms. The Morgan fingerprint density at radius 2 is 1.85 bits per heavy atom. The summed E-state index contributed by atoms with van der Waals surface area (Å²) in [7, 11) is 1.62. The number of nitrogens with zero attached hydrogens (tertiary/aromatic N) is 2. The Balaban J connectivity index is 1.85. The normalized spacial score (nSPS) is 11.2. The van der Waals surface area contributed by atoms with Gasteiger partial charge in [-0.05, 0) is 38.1 Å². The molecule has 3 rings (SSSR count). The van der Waals surface area contributed by atoms with Gasteiger partial charge in [0.05, 0.1) is 17.7 Å². The molecule has 0 atom stereocenters. The molecule has 3 N–H and O–H groups in total. The van der Waals surface area contributed by atoms with Crippen molar-refractivity contribution in [2.24, 2.45) is 0 Å². The molecule has 0 aliphatic heterocycles. The summed E-state index contributed by atoms with van der Waals surface area (Å²) in [5.41, 5.74) is 1.52. The van der Waals surface area contributed by atoms with Gasteiger partial charge in [-0.15, -0.1) is 6.42 Å². The third-order valence-corrected chi connectivity index (χ3v) is 4.63. The SMILES string of the molecule is C#Cc1cccc(Nc2ncnc3cc(OCCOC)c(OCCNCC(C)(C)O)cc23)c1. The third-order valence-electron chi connectivity index (χ3n) is 4.63.